The lowest BCUT2D eigenvalue weighted by atomic mass is 9.95. The number of anilines is 1. The second-order valence-electron chi connectivity index (χ2n) is 3.92. The van der Waals surface area contributed by atoms with Gasteiger partial charge in [-0.3, -0.25) is 4.98 Å². The molecule has 96 valence electrons. The normalized spacial score (nSPS) is 11.3. The van der Waals surface area contributed by atoms with E-state index in [2.05, 4.69) is 29.1 Å². The zero-order valence-corrected chi connectivity index (χ0v) is 11.4. The van der Waals surface area contributed by atoms with E-state index in [4.69, 9.17) is 16.3 Å². The van der Waals surface area contributed by atoms with Crippen molar-refractivity contribution in [2.75, 3.05) is 17.8 Å². The maximum absolute atomic E-state index is 6.03. The van der Waals surface area contributed by atoms with Crippen LogP contribution >= 0.6 is 11.6 Å². The van der Waals surface area contributed by atoms with Gasteiger partial charge in [0.1, 0.15) is 5.82 Å². The molecule has 0 bridgehead atoms. The van der Waals surface area contributed by atoms with Gasteiger partial charge in [-0.2, -0.15) is 4.98 Å². The zero-order chi connectivity index (χ0) is 12.7. The molecule has 0 aromatic carbocycles. The smallest absolute Gasteiger partial charge is 0.234 e. The predicted molar refractivity (Wildman–Crippen MR) is 70.9 cm³/mol. The zero-order valence-electron chi connectivity index (χ0n) is 10.7. The molecule has 1 heterocycles. The summed E-state index contributed by atoms with van der Waals surface area (Å²) in [6, 6.07) is 0. The average Bonchev–Trinajstić information content (AvgIpc) is 2.37. The van der Waals surface area contributed by atoms with E-state index in [1.807, 2.05) is 6.92 Å². The number of nitrogens with one attached hydrogen (secondary N) is 1. The summed E-state index contributed by atoms with van der Waals surface area (Å²) in [4.78, 5) is 8.43. The second-order valence-corrected chi connectivity index (χ2v) is 4.19. The van der Waals surface area contributed by atoms with Crippen LogP contribution in [0.1, 0.15) is 33.6 Å². The van der Waals surface area contributed by atoms with Crippen LogP contribution in [0.25, 0.3) is 0 Å². The summed E-state index contributed by atoms with van der Waals surface area (Å²) in [6.07, 6.45) is 5.17. The van der Waals surface area contributed by atoms with Gasteiger partial charge in [-0.1, -0.05) is 13.8 Å². The first-order chi connectivity index (χ1) is 8.19. The summed E-state index contributed by atoms with van der Waals surface area (Å²) in [6.45, 7) is 6.72. The van der Waals surface area contributed by atoms with Gasteiger partial charge >= 0.3 is 0 Å². The summed E-state index contributed by atoms with van der Waals surface area (Å²) in [5.41, 5.74) is -0.124. The number of halogens is 1. The van der Waals surface area contributed by atoms with Crippen molar-refractivity contribution in [1.29, 1.82) is 0 Å². The minimum absolute atomic E-state index is 0.124. The standard InChI is InChI=1S/C12H20ClN3O/c1-4-12(5-2,9-13)16-10-7-14-8-11(15-10)17-6-3/h7-8H,4-6,9H2,1-3H3,(H,15,16). The second kappa shape index (κ2) is 6.64. The highest BCUT2D eigenvalue weighted by molar-refractivity contribution is 6.18. The fraction of sp³-hybridized carbons (Fsp3) is 0.667. The molecule has 0 aliphatic heterocycles. The Labute approximate surface area is 108 Å². The fourth-order valence-corrected chi connectivity index (χ4v) is 1.99. The van der Waals surface area contributed by atoms with Gasteiger partial charge in [0.2, 0.25) is 5.88 Å². The summed E-state index contributed by atoms with van der Waals surface area (Å²) >= 11 is 6.03. The number of ether oxygens (including phenoxy) is 1. The molecule has 1 aromatic rings. The van der Waals surface area contributed by atoms with Gasteiger partial charge in [0.15, 0.2) is 0 Å². The number of hydrogen-bond acceptors (Lipinski definition) is 4. The lowest BCUT2D eigenvalue weighted by Gasteiger charge is -2.31. The number of aromatic nitrogens is 2. The highest BCUT2D eigenvalue weighted by atomic mass is 35.5. The minimum atomic E-state index is -0.124. The first-order valence-corrected chi connectivity index (χ1v) is 6.52. The Morgan fingerprint density at radius 2 is 2.00 bits per heavy atom. The third-order valence-corrected chi connectivity index (χ3v) is 3.42. The van der Waals surface area contributed by atoms with Crippen molar-refractivity contribution in [3.8, 4) is 5.88 Å². The van der Waals surface area contributed by atoms with Gasteiger partial charge in [0.25, 0.3) is 0 Å². The van der Waals surface area contributed by atoms with Crippen molar-refractivity contribution >= 4 is 17.4 Å². The Morgan fingerprint density at radius 1 is 1.29 bits per heavy atom. The van der Waals surface area contributed by atoms with Crippen molar-refractivity contribution < 1.29 is 4.74 Å². The maximum Gasteiger partial charge on any atom is 0.234 e. The van der Waals surface area contributed by atoms with E-state index < -0.39 is 0 Å². The molecule has 1 N–H and O–H groups in total. The Balaban J connectivity index is 2.82. The van der Waals surface area contributed by atoms with E-state index in [9.17, 15) is 0 Å². The topological polar surface area (TPSA) is 47.0 Å². The van der Waals surface area contributed by atoms with Crippen molar-refractivity contribution in [3.05, 3.63) is 12.4 Å². The Morgan fingerprint density at radius 3 is 2.53 bits per heavy atom. The summed E-state index contributed by atoms with van der Waals surface area (Å²) in [5, 5.41) is 3.35. The number of hydrogen-bond donors (Lipinski definition) is 1. The van der Waals surface area contributed by atoms with E-state index in [0.29, 0.717) is 24.2 Å². The van der Waals surface area contributed by atoms with Gasteiger partial charge < -0.3 is 10.1 Å². The van der Waals surface area contributed by atoms with Crippen LogP contribution in [-0.4, -0.2) is 28.0 Å². The number of rotatable bonds is 7. The lowest BCUT2D eigenvalue weighted by Crippen LogP contribution is -2.39. The van der Waals surface area contributed by atoms with E-state index in [0.717, 1.165) is 12.8 Å². The molecular formula is C12H20ClN3O. The summed E-state index contributed by atoms with van der Waals surface area (Å²) in [5.74, 6) is 1.79. The Hall–Kier alpha value is -1.03. The van der Waals surface area contributed by atoms with Crippen molar-refractivity contribution in [2.45, 2.75) is 39.2 Å². The highest BCUT2D eigenvalue weighted by Gasteiger charge is 2.25. The molecule has 17 heavy (non-hydrogen) atoms. The van der Waals surface area contributed by atoms with E-state index in [-0.39, 0.29) is 5.54 Å². The van der Waals surface area contributed by atoms with Crippen molar-refractivity contribution in [3.63, 3.8) is 0 Å². The van der Waals surface area contributed by atoms with Gasteiger partial charge in [-0.25, -0.2) is 0 Å². The lowest BCUT2D eigenvalue weighted by molar-refractivity contribution is 0.325. The first kappa shape index (κ1) is 14.0. The minimum Gasteiger partial charge on any atom is -0.477 e. The Bertz CT molecular complexity index is 334. The van der Waals surface area contributed by atoms with Crippen molar-refractivity contribution in [1.82, 2.24) is 9.97 Å². The van der Waals surface area contributed by atoms with E-state index in [1.165, 1.54) is 0 Å². The van der Waals surface area contributed by atoms with Crippen molar-refractivity contribution in [2.24, 2.45) is 0 Å². The molecule has 0 aliphatic carbocycles. The third-order valence-electron chi connectivity index (χ3n) is 2.91. The van der Waals surface area contributed by atoms with Gasteiger partial charge in [0.05, 0.1) is 24.5 Å². The largest absolute Gasteiger partial charge is 0.477 e. The summed E-state index contributed by atoms with van der Waals surface area (Å²) in [7, 11) is 0. The molecule has 0 radical (unpaired) electrons. The highest BCUT2D eigenvalue weighted by Crippen LogP contribution is 2.23. The third kappa shape index (κ3) is 3.73. The molecule has 0 aliphatic rings. The van der Waals surface area contributed by atoms with Crippen LogP contribution in [0.15, 0.2) is 12.4 Å². The molecule has 0 saturated heterocycles. The molecule has 0 fully saturated rings. The molecule has 0 saturated carbocycles. The van der Waals surface area contributed by atoms with Crippen LogP contribution in [0.3, 0.4) is 0 Å². The molecule has 0 spiro atoms. The fourth-order valence-electron chi connectivity index (χ4n) is 1.55. The average molecular weight is 258 g/mol. The predicted octanol–water partition coefficient (Wildman–Crippen LogP) is 3.08. The van der Waals surface area contributed by atoms with Crippen LogP contribution in [0.4, 0.5) is 5.82 Å². The molecule has 1 aromatic heterocycles. The quantitative estimate of drug-likeness (QED) is 0.763. The summed E-state index contributed by atoms with van der Waals surface area (Å²) < 4.78 is 5.32. The first-order valence-electron chi connectivity index (χ1n) is 5.98. The van der Waals surface area contributed by atoms with Crippen LogP contribution in [-0.2, 0) is 0 Å². The van der Waals surface area contributed by atoms with Crippen LogP contribution in [0, 0.1) is 0 Å². The van der Waals surface area contributed by atoms with Gasteiger partial charge in [0, 0.05) is 5.88 Å². The van der Waals surface area contributed by atoms with Crippen LogP contribution in [0.2, 0.25) is 0 Å². The van der Waals surface area contributed by atoms with Gasteiger partial charge in [-0.15, -0.1) is 11.6 Å². The number of nitrogens with zero attached hydrogens (tertiary/aromatic N) is 2. The van der Waals surface area contributed by atoms with Crippen LogP contribution in [0.5, 0.6) is 5.88 Å². The van der Waals surface area contributed by atoms with Crippen LogP contribution < -0.4 is 10.1 Å². The molecule has 1 rings (SSSR count). The van der Waals surface area contributed by atoms with E-state index >= 15 is 0 Å². The van der Waals surface area contributed by atoms with Gasteiger partial charge in [-0.05, 0) is 19.8 Å². The molecule has 5 heteroatoms. The SMILES string of the molecule is CCOc1cncc(NC(CC)(CC)CCl)n1. The molecule has 4 nitrogen and oxygen atoms in total. The molecule has 0 atom stereocenters. The molecule has 0 unspecified atom stereocenters. The number of alkyl halides is 1. The molecule has 0 amide bonds. The molecular weight excluding hydrogens is 238 g/mol. The van der Waals surface area contributed by atoms with E-state index in [1.54, 1.807) is 12.4 Å². The Kier molecular flexibility index (Phi) is 5.48. The monoisotopic (exact) mass is 257 g/mol. The maximum atomic E-state index is 6.03.